The Bertz CT molecular complexity index is 1000. The number of nitrogens with one attached hydrogen (secondary N) is 2. The van der Waals surface area contributed by atoms with Crippen LogP contribution in [0.2, 0.25) is 0 Å². The summed E-state index contributed by atoms with van der Waals surface area (Å²) in [6.07, 6.45) is 4.75. The van der Waals surface area contributed by atoms with Crippen LogP contribution in [0.15, 0.2) is 60.8 Å². The van der Waals surface area contributed by atoms with Gasteiger partial charge in [0.05, 0.1) is 30.4 Å². The normalized spacial score (nSPS) is 15.3. The molecule has 2 N–H and O–H groups in total. The zero-order valence-corrected chi connectivity index (χ0v) is 15.4. The smallest absolute Gasteiger partial charge is 0.319 e. The van der Waals surface area contributed by atoms with E-state index in [1.807, 2.05) is 29.1 Å². The number of carbonyl (C=O) groups is 1. The molecule has 0 spiro atoms. The zero-order chi connectivity index (χ0) is 19.3. The molecule has 28 heavy (non-hydrogen) atoms. The highest BCUT2D eigenvalue weighted by Crippen LogP contribution is 2.30. The third kappa shape index (κ3) is 3.89. The van der Waals surface area contributed by atoms with Crippen LogP contribution in [0.5, 0.6) is 0 Å². The van der Waals surface area contributed by atoms with Gasteiger partial charge < -0.3 is 10.6 Å². The van der Waals surface area contributed by atoms with Crippen molar-refractivity contribution in [1.82, 2.24) is 15.1 Å². The van der Waals surface area contributed by atoms with Crippen molar-refractivity contribution >= 4 is 11.7 Å². The summed E-state index contributed by atoms with van der Waals surface area (Å²) in [5.74, 6) is 0. The maximum absolute atomic E-state index is 12.4. The number of anilines is 1. The predicted molar refractivity (Wildman–Crippen MR) is 107 cm³/mol. The molecule has 1 aliphatic rings. The Morgan fingerprint density at radius 2 is 1.96 bits per heavy atom. The van der Waals surface area contributed by atoms with Crippen molar-refractivity contribution in [1.29, 1.82) is 5.26 Å². The van der Waals surface area contributed by atoms with Crippen LogP contribution in [-0.2, 0) is 13.0 Å². The molecule has 3 aromatic rings. The molecule has 2 aromatic carbocycles. The second-order valence-corrected chi connectivity index (χ2v) is 6.92. The van der Waals surface area contributed by atoms with E-state index in [1.54, 1.807) is 24.3 Å². The monoisotopic (exact) mass is 371 g/mol. The van der Waals surface area contributed by atoms with Crippen molar-refractivity contribution in [3.8, 4) is 6.07 Å². The summed E-state index contributed by atoms with van der Waals surface area (Å²) < 4.78 is 2.04. The third-order valence-electron chi connectivity index (χ3n) is 5.02. The highest BCUT2D eigenvalue weighted by molar-refractivity contribution is 5.89. The lowest BCUT2D eigenvalue weighted by Crippen LogP contribution is -2.34. The highest BCUT2D eigenvalue weighted by Gasteiger charge is 2.25. The van der Waals surface area contributed by atoms with E-state index < -0.39 is 0 Å². The first-order valence-electron chi connectivity index (χ1n) is 9.39. The molecule has 1 heterocycles. The highest BCUT2D eigenvalue weighted by atomic mass is 16.2. The number of nitrogens with zero attached hydrogens (tertiary/aromatic N) is 3. The van der Waals surface area contributed by atoms with Gasteiger partial charge in [-0.3, -0.25) is 4.68 Å². The van der Waals surface area contributed by atoms with E-state index in [4.69, 9.17) is 5.26 Å². The summed E-state index contributed by atoms with van der Waals surface area (Å²) in [6.45, 7) is 0.736. The minimum absolute atomic E-state index is 0.0494. The van der Waals surface area contributed by atoms with Crippen molar-refractivity contribution in [2.75, 3.05) is 5.32 Å². The fourth-order valence-electron chi connectivity index (χ4n) is 3.61. The molecule has 0 radical (unpaired) electrons. The summed E-state index contributed by atoms with van der Waals surface area (Å²) in [7, 11) is 0. The van der Waals surface area contributed by atoms with E-state index in [2.05, 4.69) is 33.9 Å². The second kappa shape index (κ2) is 7.97. The van der Waals surface area contributed by atoms with Gasteiger partial charge in [0.25, 0.3) is 0 Å². The van der Waals surface area contributed by atoms with Gasteiger partial charge in [-0.1, -0.05) is 30.3 Å². The Hall–Kier alpha value is -3.59. The summed E-state index contributed by atoms with van der Waals surface area (Å²) in [6, 6.07) is 18.8. The van der Waals surface area contributed by atoms with Gasteiger partial charge in [-0.05, 0) is 49.1 Å². The molecule has 140 valence electrons. The number of aromatic nitrogens is 2. The van der Waals surface area contributed by atoms with E-state index in [1.165, 1.54) is 11.3 Å². The van der Waals surface area contributed by atoms with Gasteiger partial charge in [0.1, 0.15) is 0 Å². The van der Waals surface area contributed by atoms with E-state index in [0.717, 1.165) is 31.4 Å². The summed E-state index contributed by atoms with van der Waals surface area (Å²) in [4.78, 5) is 12.4. The van der Waals surface area contributed by atoms with Crippen LogP contribution >= 0.6 is 0 Å². The average Bonchev–Trinajstić information content (AvgIpc) is 3.13. The van der Waals surface area contributed by atoms with Gasteiger partial charge in [-0.25, -0.2) is 4.79 Å². The number of urea groups is 1. The molecule has 6 heteroatoms. The Morgan fingerprint density at radius 3 is 2.71 bits per heavy atom. The fourth-order valence-corrected chi connectivity index (χ4v) is 3.61. The Labute approximate surface area is 163 Å². The van der Waals surface area contributed by atoms with Crippen molar-refractivity contribution in [3.05, 3.63) is 83.2 Å². The number of hydrogen-bond acceptors (Lipinski definition) is 3. The van der Waals surface area contributed by atoms with Crippen molar-refractivity contribution < 1.29 is 4.79 Å². The molecular weight excluding hydrogens is 350 g/mol. The van der Waals surface area contributed by atoms with Gasteiger partial charge in [0.2, 0.25) is 0 Å². The molecule has 1 aliphatic carbocycles. The summed E-state index contributed by atoms with van der Waals surface area (Å²) >= 11 is 0. The summed E-state index contributed by atoms with van der Waals surface area (Å²) in [5.41, 5.74) is 4.72. The zero-order valence-electron chi connectivity index (χ0n) is 15.4. The van der Waals surface area contributed by atoms with Gasteiger partial charge in [-0.2, -0.15) is 10.4 Å². The van der Waals surface area contributed by atoms with Crippen molar-refractivity contribution in [3.63, 3.8) is 0 Å². The lowest BCUT2D eigenvalue weighted by atomic mass is 9.93. The largest absolute Gasteiger partial charge is 0.331 e. The molecule has 1 atom stereocenters. The lowest BCUT2D eigenvalue weighted by Gasteiger charge is -2.24. The molecule has 0 saturated heterocycles. The lowest BCUT2D eigenvalue weighted by molar-refractivity contribution is 0.247. The van der Waals surface area contributed by atoms with Crippen LogP contribution in [0, 0.1) is 11.3 Å². The summed E-state index contributed by atoms with van der Waals surface area (Å²) in [5, 5.41) is 19.3. The van der Waals surface area contributed by atoms with Gasteiger partial charge in [0.15, 0.2) is 0 Å². The molecule has 4 rings (SSSR count). The molecule has 1 unspecified atom stereocenters. The standard InChI is InChI=1S/C22H21N5O/c23-13-16-9-11-18(12-10-16)25-22(28)26-20-7-4-8-21-19(20)14-24-27(21)15-17-5-2-1-3-6-17/h1-3,5-6,9-12,14,20H,4,7-8,15H2,(H2,25,26,28). The minimum Gasteiger partial charge on any atom is -0.331 e. The number of nitriles is 1. The molecule has 6 nitrogen and oxygen atoms in total. The number of rotatable bonds is 4. The Morgan fingerprint density at radius 1 is 1.18 bits per heavy atom. The fraction of sp³-hybridized carbons (Fsp3) is 0.227. The van der Waals surface area contributed by atoms with Crippen LogP contribution in [0.1, 0.15) is 41.3 Å². The molecule has 2 amide bonds. The molecule has 0 fully saturated rings. The van der Waals surface area contributed by atoms with Crippen LogP contribution in [-0.4, -0.2) is 15.8 Å². The second-order valence-electron chi connectivity index (χ2n) is 6.92. The number of amides is 2. The molecule has 1 aromatic heterocycles. The van der Waals surface area contributed by atoms with Gasteiger partial charge >= 0.3 is 6.03 Å². The van der Waals surface area contributed by atoms with Crippen LogP contribution < -0.4 is 10.6 Å². The Kier molecular flexibility index (Phi) is 5.07. The first-order valence-corrected chi connectivity index (χ1v) is 9.39. The first-order chi connectivity index (χ1) is 13.7. The quantitative estimate of drug-likeness (QED) is 0.727. The molecule has 0 bridgehead atoms. The van der Waals surface area contributed by atoms with E-state index >= 15 is 0 Å². The third-order valence-corrected chi connectivity index (χ3v) is 5.02. The number of benzene rings is 2. The number of fused-ring (bicyclic) bond motifs is 1. The van der Waals surface area contributed by atoms with Gasteiger partial charge in [0, 0.05) is 16.9 Å². The number of carbonyl (C=O) groups excluding carboxylic acids is 1. The predicted octanol–water partition coefficient (Wildman–Crippen LogP) is 4.00. The van der Waals surface area contributed by atoms with Crippen LogP contribution in [0.3, 0.4) is 0 Å². The average molecular weight is 371 g/mol. The molecular formula is C22H21N5O. The maximum atomic E-state index is 12.4. The molecule has 0 saturated carbocycles. The van der Waals surface area contributed by atoms with E-state index in [-0.39, 0.29) is 12.1 Å². The van der Waals surface area contributed by atoms with Crippen molar-refractivity contribution in [2.24, 2.45) is 0 Å². The maximum Gasteiger partial charge on any atom is 0.319 e. The van der Waals surface area contributed by atoms with Gasteiger partial charge in [-0.15, -0.1) is 0 Å². The first kappa shape index (κ1) is 17.8. The Balaban J connectivity index is 1.44. The SMILES string of the molecule is N#Cc1ccc(NC(=O)NC2CCCc3c2cnn3Cc2ccccc2)cc1. The minimum atomic E-state index is -0.252. The number of hydrogen-bond donors (Lipinski definition) is 2. The molecule has 0 aliphatic heterocycles. The van der Waals surface area contributed by atoms with E-state index in [0.29, 0.717) is 11.3 Å². The van der Waals surface area contributed by atoms with Crippen molar-refractivity contribution in [2.45, 2.75) is 31.8 Å². The van der Waals surface area contributed by atoms with Crippen LogP contribution in [0.4, 0.5) is 10.5 Å². The topological polar surface area (TPSA) is 82.7 Å². The van der Waals surface area contributed by atoms with Crippen LogP contribution in [0.25, 0.3) is 0 Å². The van der Waals surface area contributed by atoms with E-state index in [9.17, 15) is 4.79 Å².